The van der Waals surface area contributed by atoms with E-state index in [1.807, 2.05) is 0 Å². The summed E-state index contributed by atoms with van der Waals surface area (Å²) in [5.74, 6) is 1.87. The molecule has 1 atom stereocenters. The van der Waals surface area contributed by atoms with Crippen molar-refractivity contribution in [3.63, 3.8) is 0 Å². The number of methoxy groups -OCH3 is 1. The van der Waals surface area contributed by atoms with Crippen LogP contribution in [-0.2, 0) is 17.7 Å². The van der Waals surface area contributed by atoms with Crippen molar-refractivity contribution in [2.75, 3.05) is 26.8 Å². The lowest BCUT2D eigenvalue weighted by Gasteiger charge is -2.17. The van der Waals surface area contributed by atoms with Crippen LogP contribution in [0.2, 0.25) is 0 Å². The Labute approximate surface area is 156 Å². The molecule has 1 aromatic rings. The van der Waals surface area contributed by atoms with E-state index >= 15 is 0 Å². The largest absolute Gasteiger partial charge is 0.385 e. The number of halogens is 1. The van der Waals surface area contributed by atoms with Gasteiger partial charge in [-0.1, -0.05) is 13.8 Å². The maximum Gasteiger partial charge on any atom is 0.191 e. The molecule has 134 valence electrons. The number of rotatable bonds is 10. The Kier molecular flexibility index (Phi) is 13.0. The van der Waals surface area contributed by atoms with Gasteiger partial charge in [0.1, 0.15) is 12.2 Å². The maximum atomic E-state index is 5.05. The number of guanidine groups is 1. The van der Waals surface area contributed by atoms with Crippen molar-refractivity contribution < 1.29 is 4.74 Å². The Morgan fingerprint density at radius 3 is 2.87 bits per heavy atom. The van der Waals surface area contributed by atoms with Gasteiger partial charge in [-0.25, -0.2) is 0 Å². The molecular formula is C15H31IN6O. The first kappa shape index (κ1) is 22.1. The molecule has 8 heteroatoms. The van der Waals surface area contributed by atoms with Gasteiger partial charge in [-0.05, 0) is 19.8 Å². The van der Waals surface area contributed by atoms with Gasteiger partial charge in [0.15, 0.2) is 5.96 Å². The maximum absolute atomic E-state index is 5.05. The fourth-order valence-corrected chi connectivity index (χ4v) is 1.92. The molecule has 0 amide bonds. The highest BCUT2D eigenvalue weighted by molar-refractivity contribution is 14.0. The second-order valence-electron chi connectivity index (χ2n) is 5.25. The zero-order valence-electron chi connectivity index (χ0n) is 14.7. The molecule has 1 heterocycles. The van der Waals surface area contributed by atoms with E-state index in [4.69, 9.17) is 4.74 Å². The summed E-state index contributed by atoms with van der Waals surface area (Å²) in [6, 6.07) is 0.398. The van der Waals surface area contributed by atoms with Gasteiger partial charge in [0, 0.05) is 45.8 Å². The molecule has 0 fully saturated rings. The molecule has 0 aliphatic heterocycles. The first-order valence-corrected chi connectivity index (χ1v) is 8.11. The zero-order valence-corrected chi connectivity index (χ0v) is 17.0. The molecule has 1 unspecified atom stereocenters. The standard InChI is InChI=1S/C15H30N6O.HI/c1-5-13(3)19-15(16-8-7-11-22-4)17-9-10-21-12-18-20-14(21)6-2;/h12-13H,5-11H2,1-4H3,(H2,16,17,19);1H. The Morgan fingerprint density at radius 1 is 1.43 bits per heavy atom. The van der Waals surface area contributed by atoms with Crippen LogP contribution in [0, 0.1) is 0 Å². The third-order valence-electron chi connectivity index (χ3n) is 3.43. The van der Waals surface area contributed by atoms with Gasteiger partial charge in [0.05, 0.1) is 0 Å². The van der Waals surface area contributed by atoms with Crippen LogP contribution in [-0.4, -0.2) is 53.6 Å². The van der Waals surface area contributed by atoms with Crippen molar-refractivity contribution in [3.8, 4) is 0 Å². The van der Waals surface area contributed by atoms with Gasteiger partial charge < -0.3 is 19.9 Å². The topological polar surface area (TPSA) is 76.4 Å². The minimum Gasteiger partial charge on any atom is -0.385 e. The lowest BCUT2D eigenvalue weighted by Crippen LogP contribution is -2.43. The van der Waals surface area contributed by atoms with Crippen LogP contribution in [0.25, 0.3) is 0 Å². The van der Waals surface area contributed by atoms with Crippen LogP contribution in [0.4, 0.5) is 0 Å². The number of nitrogens with zero attached hydrogens (tertiary/aromatic N) is 4. The van der Waals surface area contributed by atoms with Gasteiger partial charge in [-0.3, -0.25) is 4.99 Å². The van der Waals surface area contributed by atoms with Gasteiger partial charge in [-0.15, -0.1) is 34.2 Å². The zero-order chi connectivity index (χ0) is 16.2. The molecule has 1 rings (SSSR count). The van der Waals surface area contributed by atoms with Crippen LogP contribution in [0.3, 0.4) is 0 Å². The van der Waals surface area contributed by atoms with Crippen LogP contribution < -0.4 is 10.6 Å². The SMILES string of the molecule is CCc1nncn1CCNC(=NCCCOC)NC(C)CC.I. The van der Waals surface area contributed by atoms with Crippen molar-refractivity contribution >= 4 is 29.9 Å². The molecule has 1 aromatic heterocycles. The van der Waals surface area contributed by atoms with Crippen molar-refractivity contribution in [3.05, 3.63) is 12.2 Å². The molecule has 0 saturated heterocycles. The Hall–Kier alpha value is -0.900. The first-order valence-electron chi connectivity index (χ1n) is 8.11. The summed E-state index contributed by atoms with van der Waals surface area (Å²) < 4.78 is 7.12. The van der Waals surface area contributed by atoms with Crippen molar-refractivity contribution in [2.45, 2.75) is 52.6 Å². The fourth-order valence-electron chi connectivity index (χ4n) is 1.92. The molecular weight excluding hydrogens is 407 g/mol. The molecule has 23 heavy (non-hydrogen) atoms. The Bertz CT molecular complexity index is 437. The van der Waals surface area contributed by atoms with E-state index in [0.717, 1.165) is 57.3 Å². The average Bonchev–Trinajstić information content (AvgIpc) is 2.98. The van der Waals surface area contributed by atoms with Crippen molar-refractivity contribution in [1.29, 1.82) is 0 Å². The predicted molar refractivity (Wildman–Crippen MR) is 105 cm³/mol. The summed E-state index contributed by atoms with van der Waals surface area (Å²) in [4.78, 5) is 4.58. The molecule has 0 saturated carbocycles. The number of hydrogen-bond acceptors (Lipinski definition) is 4. The molecule has 0 aliphatic carbocycles. The monoisotopic (exact) mass is 438 g/mol. The van der Waals surface area contributed by atoms with Gasteiger partial charge in [0.25, 0.3) is 0 Å². The number of nitrogens with one attached hydrogen (secondary N) is 2. The molecule has 2 N–H and O–H groups in total. The lowest BCUT2D eigenvalue weighted by molar-refractivity contribution is 0.197. The third kappa shape index (κ3) is 9.09. The molecule has 0 spiro atoms. The number of aliphatic imine (C=N–C) groups is 1. The molecule has 0 aromatic carbocycles. The number of hydrogen-bond donors (Lipinski definition) is 2. The molecule has 0 bridgehead atoms. The minimum absolute atomic E-state index is 0. The minimum atomic E-state index is 0. The number of aryl methyl sites for hydroxylation is 1. The summed E-state index contributed by atoms with van der Waals surface area (Å²) >= 11 is 0. The third-order valence-corrected chi connectivity index (χ3v) is 3.43. The van der Waals surface area contributed by atoms with Crippen LogP contribution in [0.5, 0.6) is 0 Å². The average molecular weight is 438 g/mol. The van der Waals surface area contributed by atoms with E-state index in [2.05, 4.69) is 51.2 Å². The van der Waals surface area contributed by atoms with Gasteiger partial charge >= 0.3 is 0 Å². The summed E-state index contributed by atoms with van der Waals surface area (Å²) in [5.41, 5.74) is 0. The van der Waals surface area contributed by atoms with Crippen LogP contribution >= 0.6 is 24.0 Å². The van der Waals surface area contributed by atoms with Crippen molar-refractivity contribution in [2.24, 2.45) is 4.99 Å². The molecule has 0 aliphatic rings. The first-order chi connectivity index (χ1) is 10.7. The Balaban J connectivity index is 0.00000484. The predicted octanol–water partition coefficient (Wildman–Crippen LogP) is 1.83. The summed E-state index contributed by atoms with van der Waals surface area (Å²) in [6.45, 7) is 9.51. The quantitative estimate of drug-likeness (QED) is 0.252. The van der Waals surface area contributed by atoms with Gasteiger partial charge in [0.2, 0.25) is 0 Å². The summed E-state index contributed by atoms with van der Waals surface area (Å²) in [6.07, 6.45) is 4.65. The highest BCUT2D eigenvalue weighted by atomic mass is 127. The van der Waals surface area contributed by atoms with Crippen molar-refractivity contribution in [1.82, 2.24) is 25.4 Å². The van der Waals surface area contributed by atoms with E-state index < -0.39 is 0 Å². The highest BCUT2D eigenvalue weighted by Gasteiger charge is 2.05. The van der Waals surface area contributed by atoms with E-state index in [1.165, 1.54) is 0 Å². The molecule has 7 nitrogen and oxygen atoms in total. The van der Waals surface area contributed by atoms with Crippen LogP contribution in [0.15, 0.2) is 11.3 Å². The van der Waals surface area contributed by atoms with E-state index in [-0.39, 0.29) is 24.0 Å². The van der Waals surface area contributed by atoms with Gasteiger partial charge in [-0.2, -0.15) is 0 Å². The number of ether oxygens (including phenoxy) is 1. The lowest BCUT2D eigenvalue weighted by atomic mass is 10.3. The van der Waals surface area contributed by atoms with Crippen LogP contribution in [0.1, 0.15) is 39.4 Å². The summed E-state index contributed by atoms with van der Waals surface area (Å²) in [5, 5.41) is 14.8. The Morgan fingerprint density at radius 2 is 2.22 bits per heavy atom. The van der Waals surface area contributed by atoms with E-state index in [0.29, 0.717) is 6.04 Å². The second kappa shape index (κ2) is 13.5. The second-order valence-corrected chi connectivity index (χ2v) is 5.25. The highest BCUT2D eigenvalue weighted by Crippen LogP contribution is 1.95. The number of aromatic nitrogens is 3. The van der Waals surface area contributed by atoms with E-state index in [1.54, 1.807) is 13.4 Å². The smallest absolute Gasteiger partial charge is 0.191 e. The summed E-state index contributed by atoms with van der Waals surface area (Å²) in [7, 11) is 1.71. The van der Waals surface area contributed by atoms with E-state index in [9.17, 15) is 0 Å². The molecule has 0 radical (unpaired) electrons. The fraction of sp³-hybridized carbons (Fsp3) is 0.800. The normalized spacial score (nSPS) is 12.6.